The van der Waals surface area contributed by atoms with Gasteiger partial charge >= 0.3 is 0 Å². The molecular formula is C55H63N. The third kappa shape index (κ3) is 9.23. The molecule has 8 rings (SSSR count). The summed E-state index contributed by atoms with van der Waals surface area (Å²) in [6.45, 7) is 22.7. The molecule has 0 amide bonds. The maximum atomic E-state index is 4.29. The fraction of sp³-hybridized carbons (Fsp3) is 0.236. The molecule has 2 unspecified atom stereocenters. The summed E-state index contributed by atoms with van der Waals surface area (Å²) >= 11 is 0. The van der Waals surface area contributed by atoms with Crippen LogP contribution in [0.1, 0.15) is 89.5 Å². The lowest BCUT2D eigenvalue weighted by Crippen LogP contribution is -2.29. The molecule has 1 heteroatoms. The molecule has 0 aromatic heterocycles. The van der Waals surface area contributed by atoms with Crippen LogP contribution in [0.3, 0.4) is 0 Å². The van der Waals surface area contributed by atoms with Crippen molar-refractivity contribution in [2.45, 2.75) is 85.1 Å². The average Bonchev–Trinajstić information content (AvgIpc) is 3.73. The minimum absolute atomic E-state index is 0.104. The molecule has 0 aliphatic heterocycles. The van der Waals surface area contributed by atoms with E-state index in [0.29, 0.717) is 0 Å². The van der Waals surface area contributed by atoms with E-state index in [1.165, 1.54) is 50.1 Å². The van der Waals surface area contributed by atoms with Crippen LogP contribution in [0.5, 0.6) is 0 Å². The highest BCUT2D eigenvalue weighted by Crippen LogP contribution is 2.65. The first-order chi connectivity index (χ1) is 27.6. The van der Waals surface area contributed by atoms with Gasteiger partial charge in [-0.2, -0.15) is 0 Å². The van der Waals surface area contributed by atoms with Gasteiger partial charge in [-0.05, 0) is 100 Å². The van der Waals surface area contributed by atoms with E-state index in [2.05, 4.69) is 179 Å². The first kappa shape index (κ1) is 43.1. The van der Waals surface area contributed by atoms with Crippen molar-refractivity contribution in [2.75, 3.05) is 0 Å². The van der Waals surface area contributed by atoms with E-state index >= 15 is 0 Å². The maximum Gasteiger partial charge on any atom is 0.0685 e. The Labute approximate surface area is 339 Å². The summed E-state index contributed by atoms with van der Waals surface area (Å²) in [5, 5.41) is 3.60. The van der Waals surface area contributed by atoms with Gasteiger partial charge in [0.2, 0.25) is 0 Å². The van der Waals surface area contributed by atoms with E-state index in [1.807, 2.05) is 52.0 Å². The van der Waals surface area contributed by atoms with E-state index in [0.717, 1.165) is 43.4 Å². The molecule has 1 N–H and O–H groups in total. The number of aryl methyl sites for hydroxylation is 1. The molecule has 0 saturated heterocycles. The molecule has 5 aliphatic carbocycles. The molecule has 3 aromatic rings. The highest BCUT2D eigenvalue weighted by Gasteiger charge is 2.54. The van der Waals surface area contributed by atoms with Crippen molar-refractivity contribution < 1.29 is 0 Å². The van der Waals surface area contributed by atoms with Crippen molar-refractivity contribution in [3.8, 4) is 0 Å². The number of fused-ring (bicyclic) bond motifs is 8. The van der Waals surface area contributed by atoms with Crippen LogP contribution in [-0.4, -0.2) is 6.04 Å². The smallest absolute Gasteiger partial charge is 0.0685 e. The van der Waals surface area contributed by atoms with Crippen molar-refractivity contribution in [1.82, 2.24) is 5.32 Å². The standard InChI is InChI=1S/C41H37N.C8H10.2C2H6.C2H4/c1-29(31-17-5-3-6-18-31)42-30(2)32-19-7-4-8-21-33-34-22-10-14-26-38(34)41(37(33)25-13-9-20-32)39-27-15-11-23-35(39)36-24-12-16-28-40(36)41;1-2-8-6-4-3-5-7-8;3*1-2/h3-11,13,15-23,25,27-28,30,42H,1,12,14,24,26H2,2H3;3-7H,2H2,1H3;2*1-2H3;1-2H2/b7-4?,8-4+,13-9-,19-7-,20-9?,21-8?,25-13?,32-19?,32-20+,33-21+,37-25+;;;;. The van der Waals surface area contributed by atoms with Gasteiger partial charge in [0.05, 0.1) is 5.41 Å². The molecule has 5 aliphatic rings. The van der Waals surface area contributed by atoms with Gasteiger partial charge in [0.1, 0.15) is 0 Å². The summed E-state index contributed by atoms with van der Waals surface area (Å²) < 4.78 is 0. The summed E-state index contributed by atoms with van der Waals surface area (Å²) in [6.07, 6.45) is 35.2. The van der Waals surface area contributed by atoms with E-state index in [1.54, 1.807) is 5.57 Å². The number of rotatable bonds is 5. The third-order valence-corrected chi connectivity index (χ3v) is 10.5. The van der Waals surface area contributed by atoms with Gasteiger partial charge in [0.25, 0.3) is 0 Å². The molecule has 2 atom stereocenters. The SMILES string of the molecule is C=C.C=C(NC(C)C1=C/C=C\C=C2/C(=C/C=C/C=C\1)C1=C(CCC=C1)C21C2=C(CCC=C2)c2ccccc21)c1ccccc1.CC.CC.CCc1ccccc1. The second-order valence-corrected chi connectivity index (χ2v) is 13.5. The average molecular weight is 738 g/mol. The predicted octanol–water partition coefficient (Wildman–Crippen LogP) is 14.9. The minimum atomic E-state index is -0.221. The van der Waals surface area contributed by atoms with Crippen LogP contribution in [0.2, 0.25) is 0 Å². The third-order valence-electron chi connectivity index (χ3n) is 10.5. The van der Waals surface area contributed by atoms with Gasteiger partial charge in [-0.1, -0.05) is 205 Å². The maximum absolute atomic E-state index is 4.29. The monoisotopic (exact) mass is 737 g/mol. The molecule has 56 heavy (non-hydrogen) atoms. The van der Waals surface area contributed by atoms with Gasteiger partial charge < -0.3 is 5.32 Å². The molecule has 1 nitrogen and oxygen atoms in total. The van der Waals surface area contributed by atoms with Gasteiger partial charge in [-0.25, -0.2) is 0 Å². The Morgan fingerprint density at radius 2 is 1.32 bits per heavy atom. The van der Waals surface area contributed by atoms with Crippen molar-refractivity contribution in [1.29, 1.82) is 0 Å². The summed E-state index contributed by atoms with van der Waals surface area (Å²) in [6, 6.07) is 30.1. The lowest BCUT2D eigenvalue weighted by molar-refractivity contribution is 0.701. The zero-order valence-electron chi connectivity index (χ0n) is 34.8. The Balaban J connectivity index is 0.000000431. The highest BCUT2D eigenvalue weighted by atomic mass is 14.9. The van der Waals surface area contributed by atoms with Crippen LogP contribution in [0.15, 0.2) is 217 Å². The second kappa shape index (κ2) is 22.0. The summed E-state index contributed by atoms with van der Waals surface area (Å²) in [4.78, 5) is 0. The highest BCUT2D eigenvalue weighted by molar-refractivity contribution is 5.92. The molecule has 0 bridgehead atoms. The quantitative estimate of drug-likeness (QED) is 0.257. The van der Waals surface area contributed by atoms with Gasteiger partial charge in [0.15, 0.2) is 0 Å². The summed E-state index contributed by atoms with van der Waals surface area (Å²) in [5.41, 5.74) is 16.1. The van der Waals surface area contributed by atoms with E-state index in [9.17, 15) is 0 Å². The Bertz CT molecular complexity index is 2080. The van der Waals surface area contributed by atoms with Crippen molar-refractivity contribution in [2.24, 2.45) is 0 Å². The van der Waals surface area contributed by atoms with Crippen LogP contribution >= 0.6 is 0 Å². The van der Waals surface area contributed by atoms with Crippen LogP contribution in [-0.2, 0) is 11.8 Å². The summed E-state index contributed by atoms with van der Waals surface area (Å²) in [7, 11) is 0. The first-order valence-corrected chi connectivity index (χ1v) is 20.7. The molecular weight excluding hydrogens is 675 g/mol. The van der Waals surface area contributed by atoms with Crippen LogP contribution in [0.4, 0.5) is 0 Å². The fourth-order valence-electron chi connectivity index (χ4n) is 8.17. The molecule has 0 saturated carbocycles. The molecule has 3 aromatic carbocycles. The minimum Gasteiger partial charge on any atom is -0.379 e. The zero-order valence-corrected chi connectivity index (χ0v) is 34.8. The van der Waals surface area contributed by atoms with Crippen LogP contribution < -0.4 is 5.32 Å². The molecule has 288 valence electrons. The number of benzene rings is 3. The van der Waals surface area contributed by atoms with Gasteiger partial charge in [-0.15, -0.1) is 13.2 Å². The van der Waals surface area contributed by atoms with Crippen molar-refractivity contribution in [3.05, 3.63) is 239 Å². The topological polar surface area (TPSA) is 12.0 Å². The number of allylic oxidation sites excluding steroid dienone is 18. The normalized spacial score (nSPS) is 23.2. The largest absolute Gasteiger partial charge is 0.379 e. The lowest BCUT2D eigenvalue weighted by Gasteiger charge is -2.35. The second-order valence-electron chi connectivity index (χ2n) is 13.5. The van der Waals surface area contributed by atoms with Crippen molar-refractivity contribution in [3.63, 3.8) is 0 Å². The van der Waals surface area contributed by atoms with E-state index < -0.39 is 0 Å². The van der Waals surface area contributed by atoms with E-state index in [-0.39, 0.29) is 11.5 Å². The van der Waals surface area contributed by atoms with Crippen molar-refractivity contribution >= 4 is 11.3 Å². The lowest BCUT2D eigenvalue weighted by atomic mass is 9.66. The Morgan fingerprint density at radius 1 is 0.696 bits per heavy atom. The Hall–Kier alpha value is -5.66. The number of hydrogen-bond donors (Lipinski definition) is 1. The molecule has 0 heterocycles. The summed E-state index contributed by atoms with van der Waals surface area (Å²) in [5.74, 6) is 0. The Kier molecular flexibility index (Phi) is 16.9. The van der Waals surface area contributed by atoms with Gasteiger partial charge in [0, 0.05) is 11.7 Å². The molecule has 0 fully saturated rings. The first-order valence-electron chi connectivity index (χ1n) is 20.7. The van der Waals surface area contributed by atoms with Crippen LogP contribution in [0.25, 0.3) is 11.3 Å². The van der Waals surface area contributed by atoms with Gasteiger partial charge in [-0.3, -0.25) is 0 Å². The van der Waals surface area contributed by atoms with Crippen LogP contribution in [0, 0.1) is 0 Å². The Morgan fingerprint density at radius 3 is 2.04 bits per heavy atom. The molecule has 0 radical (unpaired) electrons. The number of hydrogen-bond acceptors (Lipinski definition) is 1. The fourth-order valence-corrected chi connectivity index (χ4v) is 8.17. The predicted molar refractivity (Wildman–Crippen MR) is 248 cm³/mol. The van der Waals surface area contributed by atoms with E-state index in [4.69, 9.17) is 0 Å². The molecule has 1 spiro atoms. The zero-order chi connectivity index (χ0) is 40.3. The number of nitrogens with one attached hydrogen (secondary N) is 1.